The van der Waals surface area contributed by atoms with E-state index in [1.807, 2.05) is 13.0 Å². The highest BCUT2D eigenvalue weighted by molar-refractivity contribution is 6.09. The van der Waals surface area contributed by atoms with Gasteiger partial charge < -0.3 is 19.3 Å². The summed E-state index contributed by atoms with van der Waals surface area (Å²) in [6.07, 6.45) is 1.48. The van der Waals surface area contributed by atoms with Crippen molar-refractivity contribution in [3.63, 3.8) is 0 Å². The van der Waals surface area contributed by atoms with E-state index in [1.54, 1.807) is 31.2 Å². The van der Waals surface area contributed by atoms with E-state index in [0.717, 1.165) is 0 Å². The Kier molecular flexibility index (Phi) is 7.00. The molecule has 7 nitrogen and oxygen atoms in total. The monoisotopic (exact) mass is 369 g/mol. The molecule has 0 fully saturated rings. The first-order valence-corrected chi connectivity index (χ1v) is 8.69. The summed E-state index contributed by atoms with van der Waals surface area (Å²) in [6, 6.07) is 8.75. The second-order valence-corrected chi connectivity index (χ2v) is 6.29. The summed E-state index contributed by atoms with van der Waals surface area (Å²) >= 11 is 0. The topological polar surface area (TPSA) is 97.4 Å². The minimum atomic E-state index is -0.566. The second kappa shape index (κ2) is 9.43. The highest BCUT2D eigenvalue weighted by Gasteiger charge is 2.13. The molecule has 2 rings (SSSR count). The average molecular weight is 369 g/mol. The van der Waals surface area contributed by atoms with Crippen molar-refractivity contribution < 1.29 is 18.8 Å². The summed E-state index contributed by atoms with van der Waals surface area (Å²) < 4.78 is 16.3. The van der Waals surface area contributed by atoms with Crippen LogP contribution in [0.25, 0.3) is 6.08 Å². The molecular formula is C20H23N3O4. The number of ether oxygens (including phenoxy) is 2. The molecule has 142 valence electrons. The quantitative estimate of drug-likeness (QED) is 0.559. The van der Waals surface area contributed by atoms with E-state index in [2.05, 4.69) is 24.3 Å². The van der Waals surface area contributed by atoms with Gasteiger partial charge in [0.05, 0.1) is 13.2 Å². The van der Waals surface area contributed by atoms with Crippen molar-refractivity contribution in [2.24, 2.45) is 5.92 Å². The molecule has 7 heteroatoms. The van der Waals surface area contributed by atoms with Gasteiger partial charge in [-0.1, -0.05) is 25.1 Å². The van der Waals surface area contributed by atoms with Crippen LogP contribution in [-0.2, 0) is 4.79 Å². The highest BCUT2D eigenvalue weighted by Crippen LogP contribution is 2.30. The van der Waals surface area contributed by atoms with Crippen molar-refractivity contribution in [3.05, 3.63) is 41.2 Å². The largest absolute Gasteiger partial charge is 0.490 e. The number of benzene rings is 1. The lowest BCUT2D eigenvalue weighted by Gasteiger charge is -2.14. The van der Waals surface area contributed by atoms with Crippen molar-refractivity contribution in [3.8, 4) is 17.6 Å². The normalized spacial score (nSPS) is 11.2. The first-order valence-electron chi connectivity index (χ1n) is 8.69. The molecule has 27 heavy (non-hydrogen) atoms. The minimum Gasteiger partial charge on any atom is -0.490 e. The molecule has 0 saturated heterocycles. The van der Waals surface area contributed by atoms with Gasteiger partial charge in [-0.05, 0) is 43.5 Å². The number of rotatable bonds is 8. The number of carbonyl (C=O) groups excluding carboxylic acids is 1. The molecule has 0 aliphatic rings. The van der Waals surface area contributed by atoms with Crippen molar-refractivity contribution in [2.45, 2.75) is 27.7 Å². The number of nitrogens with zero attached hydrogens (tertiary/aromatic N) is 2. The molecule has 0 spiro atoms. The van der Waals surface area contributed by atoms with Crippen molar-refractivity contribution in [2.75, 3.05) is 18.5 Å². The average Bonchev–Trinajstić information content (AvgIpc) is 3.03. The number of nitriles is 1. The van der Waals surface area contributed by atoms with Gasteiger partial charge in [0.15, 0.2) is 17.3 Å². The Morgan fingerprint density at radius 3 is 2.70 bits per heavy atom. The van der Waals surface area contributed by atoms with Gasteiger partial charge in [-0.2, -0.15) is 5.26 Å². The Morgan fingerprint density at radius 2 is 2.11 bits per heavy atom. The fraction of sp³-hybridized carbons (Fsp3) is 0.350. The summed E-state index contributed by atoms with van der Waals surface area (Å²) in [5.41, 5.74) is 0.590. The van der Waals surface area contributed by atoms with Crippen LogP contribution in [0.15, 0.2) is 34.4 Å². The third kappa shape index (κ3) is 5.89. The zero-order valence-corrected chi connectivity index (χ0v) is 15.9. The predicted molar refractivity (Wildman–Crippen MR) is 101 cm³/mol. The summed E-state index contributed by atoms with van der Waals surface area (Å²) in [5, 5.41) is 15.5. The van der Waals surface area contributed by atoms with E-state index in [0.29, 0.717) is 42.0 Å². The van der Waals surface area contributed by atoms with Gasteiger partial charge >= 0.3 is 0 Å². The van der Waals surface area contributed by atoms with Gasteiger partial charge in [0.1, 0.15) is 17.4 Å². The third-order valence-electron chi connectivity index (χ3n) is 3.39. The standard InChI is InChI=1S/C20H23N3O4/c1-5-25-18-10-15(6-7-17(18)26-12-13(2)3)9-16(11-21)20(24)22-19-8-14(4)27-23-19/h6-10,13H,5,12H2,1-4H3,(H,22,23,24)/b16-9-. The zero-order chi connectivity index (χ0) is 19.8. The Labute approximate surface area is 158 Å². The zero-order valence-electron chi connectivity index (χ0n) is 15.9. The van der Waals surface area contributed by atoms with Crippen LogP contribution in [0, 0.1) is 24.2 Å². The molecule has 1 aromatic carbocycles. The Hall–Kier alpha value is -3.27. The lowest BCUT2D eigenvalue weighted by Crippen LogP contribution is -2.13. The summed E-state index contributed by atoms with van der Waals surface area (Å²) in [4.78, 5) is 12.3. The Morgan fingerprint density at radius 1 is 1.33 bits per heavy atom. The van der Waals surface area contributed by atoms with E-state index in [1.165, 1.54) is 6.08 Å². The van der Waals surface area contributed by atoms with Crippen LogP contribution in [0.5, 0.6) is 11.5 Å². The summed E-state index contributed by atoms with van der Waals surface area (Å²) in [5.74, 6) is 1.83. The van der Waals surface area contributed by atoms with Crippen LogP contribution in [-0.4, -0.2) is 24.3 Å². The van der Waals surface area contributed by atoms with Gasteiger partial charge in [-0.3, -0.25) is 4.79 Å². The van der Waals surface area contributed by atoms with Crippen molar-refractivity contribution in [1.82, 2.24) is 5.16 Å². The number of carbonyl (C=O) groups is 1. The molecule has 0 atom stereocenters. The first-order chi connectivity index (χ1) is 12.9. The molecule has 2 aromatic rings. The third-order valence-corrected chi connectivity index (χ3v) is 3.39. The number of hydrogen-bond acceptors (Lipinski definition) is 6. The maximum atomic E-state index is 12.3. The molecule has 1 heterocycles. The first kappa shape index (κ1) is 20.0. The Balaban J connectivity index is 2.22. The van der Waals surface area contributed by atoms with Gasteiger partial charge in [0, 0.05) is 6.07 Å². The molecule has 0 aliphatic carbocycles. The number of nitrogens with one attached hydrogen (secondary N) is 1. The van der Waals surface area contributed by atoms with Crippen LogP contribution < -0.4 is 14.8 Å². The molecule has 1 aromatic heterocycles. The summed E-state index contributed by atoms with van der Waals surface area (Å²) in [6.45, 7) is 8.75. The lowest BCUT2D eigenvalue weighted by atomic mass is 10.1. The van der Waals surface area contributed by atoms with E-state index in [9.17, 15) is 10.1 Å². The van der Waals surface area contributed by atoms with E-state index in [4.69, 9.17) is 14.0 Å². The van der Waals surface area contributed by atoms with Crippen LogP contribution in [0.1, 0.15) is 32.1 Å². The SMILES string of the molecule is CCOc1cc(/C=C(/C#N)C(=O)Nc2cc(C)on2)ccc1OCC(C)C. The van der Waals surface area contributed by atoms with Gasteiger partial charge in [-0.25, -0.2) is 0 Å². The van der Waals surface area contributed by atoms with Crippen molar-refractivity contribution >= 4 is 17.8 Å². The molecule has 1 amide bonds. The van der Waals surface area contributed by atoms with Crippen LogP contribution in [0.2, 0.25) is 0 Å². The molecule has 0 aliphatic heterocycles. The number of hydrogen-bond donors (Lipinski definition) is 1. The fourth-order valence-corrected chi connectivity index (χ4v) is 2.18. The fourth-order valence-electron chi connectivity index (χ4n) is 2.18. The van der Waals surface area contributed by atoms with E-state index in [-0.39, 0.29) is 11.4 Å². The van der Waals surface area contributed by atoms with E-state index < -0.39 is 5.91 Å². The predicted octanol–water partition coefficient (Wildman–Crippen LogP) is 3.96. The maximum Gasteiger partial charge on any atom is 0.267 e. The molecule has 0 unspecified atom stereocenters. The van der Waals surface area contributed by atoms with Crippen LogP contribution in [0.3, 0.4) is 0 Å². The van der Waals surface area contributed by atoms with Gasteiger partial charge in [-0.15, -0.1) is 0 Å². The van der Waals surface area contributed by atoms with Crippen molar-refractivity contribution in [1.29, 1.82) is 5.26 Å². The summed E-state index contributed by atoms with van der Waals surface area (Å²) in [7, 11) is 0. The molecule has 0 bridgehead atoms. The van der Waals surface area contributed by atoms with E-state index >= 15 is 0 Å². The van der Waals surface area contributed by atoms with Crippen LogP contribution in [0.4, 0.5) is 5.82 Å². The highest BCUT2D eigenvalue weighted by atomic mass is 16.5. The smallest absolute Gasteiger partial charge is 0.267 e. The number of anilines is 1. The Bertz CT molecular complexity index is 862. The van der Waals surface area contributed by atoms with Gasteiger partial charge in [0.25, 0.3) is 5.91 Å². The number of amides is 1. The number of aryl methyl sites for hydroxylation is 1. The second-order valence-electron chi connectivity index (χ2n) is 6.29. The molecular weight excluding hydrogens is 346 g/mol. The minimum absolute atomic E-state index is 0.0612. The molecule has 0 radical (unpaired) electrons. The van der Waals surface area contributed by atoms with Crippen LogP contribution >= 0.6 is 0 Å². The molecule has 0 saturated carbocycles. The lowest BCUT2D eigenvalue weighted by molar-refractivity contribution is -0.112. The molecule has 1 N–H and O–H groups in total. The van der Waals surface area contributed by atoms with Gasteiger partial charge in [0.2, 0.25) is 0 Å². The maximum absolute atomic E-state index is 12.3. The number of aromatic nitrogens is 1.